The van der Waals surface area contributed by atoms with Crippen LogP contribution in [0.4, 0.5) is 0 Å². The average Bonchev–Trinajstić information content (AvgIpc) is 2.33. The Hall–Kier alpha value is -0.430. The van der Waals surface area contributed by atoms with Crippen LogP contribution in [0, 0.1) is 0 Å². The van der Waals surface area contributed by atoms with Crippen molar-refractivity contribution in [1.82, 2.24) is 4.72 Å². The van der Waals surface area contributed by atoms with E-state index in [2.05, 4.69) is 11.3 Å². The Balaban J connectivity index is 2.26. The zero-order valence-electron chi connectivity index (χ0n) is 9.15. The Morgan fingerprint density at radius 1 is 1.50 bits per heavy atom. The van der Waals surface area contributed by atoms with Crippen LogP contribution in [0.3, 0.4) is 0 Å². The molecule has 0 saturated carbocycles. The summed E-state index contributed by atoms with van der Waals surface area (Å²) in [7, 11) is -3.61. The molecule has 0 bridgehead atoms. The lowest BCUT2D eigenvalue weighted by atomic mass is 9.83. The number of ether oxygens (including phenoxy) is 1. The quantitative estimate of drug-likeness (QED) is 0.731. The smallest absolute Gasteiger partial charge is 0.336 e. The fourth-order valence-electron chi connectivity index (χ4n) is 2.42. The fraction of sp³-hybridized carbons (Fsp3) is 0.800. The van der Waals surface area contributed by atoms with Crippen LogP contribution in [0.5, 0.6) is 0 Å². The molecule has 5 nitrogen and oxygen atoms in total. The minimum atomic E-state index is -3.61. The third kappa shape index (κ3) is 2.29. The summed E-state index contributed by atoms with van der Waals surface area (Å²) >= 11 is 0. The summed E-state index contributed by atoms with van der Waals surface area (Å²) in [6.45, 7) is 4.55. The lowest BCUT2D eigenvalue weighted by Gasteiger charge is -2.41. The predicted octanol–water partition coefficient (Wildman–Crippen LogP) is 0.735. The molecule has 0 aromatic carbocycles. The fourth-order valence-corrected chi connectivity index (χ4v) is 3.47. The van der Waals surface area contributed by atoms with Crippen molar-refractivity contribution in [3.63, 3.8) is 0 Å². The molecule has 2 rings (SSSR count). The molecule has 0 aromatic rings. The molecule has 2 aliphatic rings. The molecular weight excluding hydrogens is 230 g/mol. The van der Waals surface area contributed by atoms with Crippen LogP contribution in [0.15, 0.2) is 12.7 Å². The van der Waals surface area contributed by atoms with Crippen LogP contribution in [0.25, 0.3) is 0 Å². The van der Waals surface area contributed by atoms with Crippen molar-refractivity contribution in [3.8, 4) is 0 Å². The van der Waals surface area contributed by atoms with Gasteiger partial charge < -0.3 is 4.74 Å². The van der Waals surface area contributed by atoms with Crippen molar-refractivity contribution < 1.29 is 17.3 Å². The van der Waals surface area contributed by atoms with E-state index in [-0.39, 0.29) is 12.6 Å². The Morgan fingerprint density at radius 3 is 3.06 bits per heavy atom. The lowest BCUT2D eigenvalue weighted by Crippen LogP contribution is -2.55. The average molecular weight is 247 g/mol. The summed E-state index contributed by atoms with van der Waals surface area (Å²) in [4.78, 5) is 0. The minimum Gasteiger partial charge on any atom is -0.373 e. The van der Waals surface area contributed by atoms with E-state index >= 15 is 0 Å². The van der Waals surface area contributed by atoms with Gasteiger partial charge in [0.25, 0.3) is 0 Å². The van der Waals surface area contributed by atoms with Gasteiger partial charge in [-0.05, 0) is 19.3 Å². The standard InChI is InChI=1S/C10H17NO4S/c1-2-5-10-6-8-15-16(12,13)11-9(10)4-3-7-14-10/h2,9,11H,1,3-8H2/t9-,10+/m0/s1. The number of hydrogen-bond acceptors (Lipinski definition) is 4. The zero-order valence-corrected chi connectivity index (χ0v) is 9.96. The number of fused-ring (bicyclic) bond motifs is 1. The zero-order chi connectivity index (χ0) is 11.6. The van der Waals surface area contributed by atoms with Crippen LogP contribution in [-0.2, 0) is 19.2 Å². The van der Waals surface area contributed by atoms with Crippen LogP contribution >= 0.6 is 0 Å². The van der Waals surface area contributed by atoms with Crippen LogP contribution in [-0.4, -0.2) is 33.3 Å². The summed E-state index contributed by atoms with van der Waals surface area (Å²) in [5, 5.41) is 0. The van der Waals surface area contributed by atoms with E-state index in [4.69, 9.17) is 8.92 Å². The maximum Gasteiger partial charge on any atom is 0.336 e. The molecule has 6 heteroatoms. The largest absolute Gasteiger partial charge is 0.373 e. The van der Waals surface area contributed by atoms with Gasteiger partial charge in [-0.25, -0.2) is 0 Å². The molecule has 92 valence electrons. The summed E-state index contributed by atoms with van der Waals surface area (Å²) in [5.74, 6) is 0. The van der Waals surface area contributed by atoms with Crippen molar-refractivity contribution >= 4 is 10.3 Å². The van der Waals surface area contributed by atoms with Crippen molar-refractivity contribution in [2.75, 3.05) is 13.2 Å². The summed E-state index contributed by atoms with van der Waals surface area (Å²) in [6, 6.07) is -0.202. The maximum atomic E-state index is 11.5. The number of nitrogens with one attached hydrogen (secondary N) is 1. The molecule has 2 fully saturated rings. The first-order chi connectivity index (χ1) is 7.58. The third-order valence-electron chi connectivity index (χ3n) is 3.20. The number of rotatable bonds is 2. The molecule has 0 aliphatic carbocycles. The normalized spacial score (nSPS) is 38.4. The first kappa shape index (κ1) is 12.0. The summed E-state index contributed by atoms with van der Waals surface area (Å²) < 4.78 is 36.1. The third-order valence-corrected chi connectivity index (χ3v) is 4.25. The minimum absolute atomic E-state index is 0.166. The highest BCUT2D eigenvalue weighted by Crippen LogP contribution is 2.34. The van der Waals surface area contributed by atoms with Gasteiger partial charge in [0, 0.05) is 13.0 Å². The molecule has 0 aromatic heterocycles. The van der Waals surface area contributed by atoms with E-state index in [1.54, 1.807) is 6.08 Å². The van der Waals surface area contributed by atoms with E-state index in [9.17, 15) is 8.42 Å². The van der Waals surface area contributed by atoms with Gasteiger partial charge in [-0.1, -0.05) is 6.08 Å². The highest BCUT2D eigenvalue weighted by molar-refractivity contribution is 7.84. The molecule has 2 saturated heterocycles. The molecule has 2 heterocycles. The molecule has 0 spiro atoms. The predicted molar refractivity (Wildman–Crippen MR) is 59.1 cm³/mol. The van der Waals surface area contributed by atoms with Gasteiger partial charge in [0.2, 0.25) is 0 Å². The second-order valence-corrected chi connectivity index (χ2v) is 5.62. The maximum absolute atomic E-state index is 11.5. The van der Waals surface area contributed by atoms with E-state index in [0.29, 0.717) is 19.4 Å². The molecular formula is C10H17NO4S. The van der Waals surface area contributed by atoms with Crippen molar-refractivity contribution in [1.29, 1.82) is 0 Å². The van der Waals surface area contributed by atoms with E-state index in [1.165, 1.54) is 0 Å². The van der Waals surface area contributed by atoms with Gasteiger partial charge in [0.15, 0.2) is 0 Å². The van der Waals surface area contributed by atoms with E-state index < -0.39 is 15.9 Å². The molecule has 0 radical (unpaired) electrons. The van der Waals surface area contributed by atoms with Crippen molar-refractivity contribution in [3.05, 3.63) is 12.7 Å². The van der Waals surface area contributed by atoms with E-state index in [1.807, 2.05) is 0 Å². The first-order valence-corrected chi connectivity index (χ1v) is 6.90. The van der Waals surface area contributed by atoms with Crippen LogP contribution < -0.4 is 4.72 Å². The highest BCUT2D eigenvalue weighted by Gasteiger charge is 2.45. The monoisotopic (exact) mass is 247 g/mol. The number of hydrogen-bond donors (Lipinski definition) is 1. The van der Waals surface area contributed by atoms with Crippen LogP contribution in [0.1, 0.15) is 25.7 Å². The Morgan fingerprint density at radius 2 is 2.31 bits per heavy atom. The molecule has 0 unspecified atom stereocenters. The molecule has 1 N–H and O–H groups in total. The van der Waals surface area contributed by atoms with Gasteiger partial charge in [-0.3, -0.25) is 4.18 Å². The first-order valence-electron chi connectivity index (χ1n) is 5.49. The van der Waals surface area contributed by atoms with Crippen molar-refractivity contribution in [2.24, 2.45) is 0 Å². The Kier molecular flexibility index (Phi) is 3.34. The molecule has 2 atom stereocenters. The second-order valence-electron chi connectivity index (χ2n) is 4.24. The summed E-state index contributed by atoms with van der Waals surface area (Å²) in [5.41, 5.74) is -0.469. The van der Waals surface area contributed by atoms with Gasteiger partial charge in [-0.15, -0.1) is 6.58 Å². The Bertz CT molecular complexity index is 367. The van der Waals surface area contributed by atoms with Gasteiger partial charge in [0.1, 0.15) is 0 Å². The second kappa shape index (κ2) is 4.44. The van der Waals surface area contributed by atoms with Crippen molar-refractivity contribution in [2.45, 2.75) is 37.3 Å². The molecule has 2 aliphatic heterocycles. The SMILES string of the molecule is C=CC[C@@]12CCOS(=O)(=O)N[C@H]1CCCO2. The van der Waals surface area contributed by atoms with Gasteiger partial charge >= 0.3 is 10.3 Å². The molecule has 16 heavy (non-hydrogen) atoms. The molecule has 0 amide bonds. The van der Waals surface area contributed by atoms with Crippen LogP contribution in [0.2, 0.25) is 0 Å². The topological polar surface area (TPSA) is 64.6 Å². The Labute approximate surface area is 96.1 Å². The summed E-state index contributed by atoms with van der Waals surface area (Å²) in [6.07, 6.45) is 4.65. The lowest BCUT2D eigenvalue weighted by molar-refractivity contribution is -0.0988. The highest BCUT2D eigenvalue weighted by atomic mass is 32.2. The van der Waals surface area contributed by atoms with E-state index in [0.717, 1.165) is 12.8 Å². The van der Waals surface area contributed by atoms with Gasteiger partial charge in [-0.2, -0.15) is 13.1 Å². The van der Waals surface area contributed by atoms with Gasteiger partial charge in [0.05, 0.1) is 18.2 Å².